The molecule has 1 fully saturated rings. The van der Waals surface area contributed by atoms with Gasteiger partial charge in [-0.3, -0.25) is 0 Å². The first kappa shape index (κ1) is 12.4. The Morgan fingerprint density at radius 3 is 2.95 bits per heavy atom. The van der Waals surface area contributed by atoms with E-state index in [0.717, 1.165) is 0 Å². The average molecular weight is 283 g/mol. The lowest BCUT2D eigenvalue weighted by Gasteiger charge is -2.24. The zero-order chi connectivity index (χ0) is 13.6. The van der Waals surface area contributed by atoms with Crippen LogP contribution >= 0.6 is 0 Å². The summed E-state index contributed by atoms with van der Waals surface area (Å²) in [5.74, 6) is -0.0207. The zero-order valence-corrected chi connectivity index (χ0v) is 11.0. The fourth-order valence-corrected chi connectivity index (χ4v) is 4.36. The van der Waals surface area contributed by atoms with Crippen molar-refractivity contribution in [1.29, 1.82) is 0 Å². The summed E-state index contributed by atoms with van der Waals surface area (Å²) < 4.78 is 38.7. The predicted molar refractivity (Wildman–Crippen MR) is 71.0 cm³/mol. The molecule has 0 bridgehead atoms. The van der Waals surface area contributed by atoms with Gasteiger partial charge in [0.1, 0.15) is 5.52 Å². The maximum atomic E-state index is 13.6. The van der Waals surface area contributed by atoms with Crippen LogP contribution in [0.15, 0.2) is 18.2 Å². The van der Waals surface area contributed by atoms with Gasteiger partial charge < -0.3 is 10.3 Å². The molecule has 3 rings (SSSR count). The number of fused-ring (bicyclic) bond motifs is 1. The lowest BCUT2D eigenvalue weighted by atomic mass is 10.1. The number of nitrogen functional groups attached to an aromatic ring is 1. The number of hydrogen-bond acceptors (Lipinski definition) is 4. The molecule has 19 heavy (non-hydrogen) atoms. The number of nitrogens with zero attached hydrogens (tertiary/aromatic N) is 2. The quantitative estimate of drug-likeness (QED) is 0.860. The summed E-state index contributed by atoms with van der Waals surface area (Å²) in [6.45, 7) is 0. The SMILES string of the molecule is Nc1nc2c(F)cccc2n1C1CCCS(=O)(=O)C1. The van der Waals surface area contributed by atoms with Gasteiger partial charge in [-0.05, 0) is 25.0 Å². The number of benzene rings is 1. The monoisotopic (exact) mass is 283 g/mol. The number of anilines is 1. The number of rotatable bonds is 1. The lowest BCUT2D eigenvalue weighted by molar-refractivity contribution is 0.483. The number of sulfone groups is 1. The summed E-state index contributed by atoms with van der Waals surface area (Å²) in [5, 5.41) is 0. The van der Waals surface area contributed by atoms with Crippen LogP contribution in [0.25, 0.3) is 11.0 Å². The van der Waals surface area contributed by atoms with Crippen molar-refractivity contribution in [3.05, 3.63) is 24.0 Å². The van der Waals surface area contributed by atoms with Crippen LogP contribution in [0.3, 0.4) is 0 Å². The molecule has 7 heteroatoms. The topological polar surface area (TPSA) is 78.0 Å². The first-order chi connectivity index (χ1) is 8.98. The third-order valence-corrected chi connectivity index (χ3v) is 5.31. The van der Waals surface area contributed by atoms with Crippen molar-refractivity contribution in [3.8, 4) is 0 Å². The van der Waals surface area contributed by atoms with Crippen molar-refractivity contribution in [2.45, 2.75) is 18.9 Å². The van der Waals surface area contributed by atoms with Crippen LogP contribution in [0.1, 0.15) is 18.9 Å². The highest BCUT2D eigenvalue weighted by Crippen LogP contribution is 2.30. The number of imidazole rings is 1. The van der Waals surface area contributed by atoms with Crippen LogP contribution in [-0.2, 0) is 9.84 Å². The molecule has 0 saturated carbocycles. The second-order valence-electron chi connectivity index (χ2n) is 4.86. The number of aromatic nitrogens is 2. The van der Waals surface area contributed by atoms with E-state index in [0.29, 0.717) is 18.4 Å². The highest BCUT2D eigenvalue weighted by atomic mass is 32.2. The van der Waals surface area contributed by atoms with Gasteiger partial charge in [-0.1, -0.05) is 6.07 Å². The van der Waals surface area contributed by atoms with E-state index in [1.165, 1.54) is 6.07 Å². The Labute approximate surface area is 110 Å². The minimum Gasteiger partial charge on any atom is -0.369 e. The minimum absolute atomic E-state index is 0.0408. The Kier molecular flexibility index (Phi) is 2.74. The van der Waals surface area contributed by atoms with Gasteiger partial charge in [-0.25, -0.2) is 17.8 Å². The van der Waals surface area contributed by atoms with Gasteiger partial charge in [-0.2, -0.15) is 0 Å². The molecule has 1 aromatic carbocycles. The van der Waals surface area contributed by atoms with Gasteiger partial charge in [0.15, 0.2) is 15.7 Å². The summed E-state index contributed by atoms with van der Waals surface area (Å²) in [6.07, 6.45) is 1.31. The molecule has 1 aromatic heterocycles. The van der Waals surface area contributed by atoms with E-state index < -0.39 is 15.7 Å². The molecule has 1 aliphatic rings. The molecule has 0 spiro atoms. The van der Waals surface area contributed by atoms with Gasteiger partial charge in [-0.15, -0.1) is 0 Å². The smallest absolute Gasteiger partial charge is 0.201 e. The minimum atomic E-state index is -3.05. The third-order valence-electron chi connectivity index (χ3n) is 3.50. The molecule has 1 atom stereocenters. The second kappa shape index (κ2) is 4.19. The molecular formula is C12H14FN3O2S. The number of para-hydroxylation sites is 1. The van der Waals surface area contributed by atoms with Crippen molar-refractivity contribution in [3.63, 3.8) is 0 Å². The van der Waals surface area contributed by atoms with E-state index in [1.54, 1.807) is 16.7 Å². The van der Waals surface area contributed by atoms with Crippen LogP contribution in [0.4, 0.5) is 10.3 Å². The third kappa shape index (κ3) is 2.07. The van der Waals surface area contributed by atoms with E-state index >= 15 is 0 Å². The van der Waals surface area contributed by atoms with Crippen LogP contribution in [0, 0.1) is 5.82 Å². The highest BCUT2D eigenvalue weighted by molar-refractivity contribution is 7.91. The van der Waals surface area contributed by atoms with Crippen molar-refractivity contribution in [2.75, 3.05) is 17.2 Å². The molecular weight excluding hydrogens is 269 g/mol. The molecule has 5 nitrogen and oxygen atoms in total. The number of hydrogen-bond donors (Lipinski definition) is 1. The van der Waals surface area contributed by atoms with E-state index in [-0.39, 0.29) is 29.0 Å². The second-order valence-corrected chi connectivity index (χ2v) is 7.09. The molecule has 1 unspecified atom stereocenters. The van der Waals surface area contributed by atoms with Gasteiger partial charge in [0, 0.05) is 0 Å². The lowest BCUT2D eigenvalue weighted by Crippen LogP contribution is -2.28. The number of nitrogens with two attached hydrogens (primary N) is 1. The summed E-state index contributed by atoms with van der Waals surface area (Å²) in [7, 11) is -3.05. The normalized spacial score (nSPS) is 22.7. The summed E-state index contributed by atoms with van der Waals surface area (Å²) in [6, 6.07) is 4.34. The van der Waals surface area contributed by atoms with E-state index in [9.17, 15) is 12.8 Å². The predicted octanol–water partition coefficient (Wildman–Crippen LogP) is 1.51. The Bertz CT molecular complexity index is 739. The Morgan fingerprint density at radius 2 is 2.21 bits per heavy atom. The van der Waals surface area contributed by atoms with Crippen LogP contribution in [0.2, 0.25) is 0 Å². The molecule has 2 heterocycles. The van der Waals surface area contributed by atoms with Gasteiger partial charge in [0.25, 0.3) is 0 Å². The van der Waals surface area contributed by atoms with Gasteiger partial charge in [0.05, 0.1) is 23.1 Å². The van der Waals surface area contributed by atoms with Crippen LogP contribution in [-0.4, -0.2) is 29.5 Å². The molecule has 1 aliphatic heterocycles. The summed E-state index contributed by atoms with van der Waals surface area (Å²) >= 11 is 0. The maximum absolute atomic E-state index is 13.6. The Balaban J connectivity index is 2.15. The van der Waals surface area contributed by atoms with Crippen molar-refractivity contribution in [1.82, 2.24) is 9.55 Å². The fraction of sp³-hybridized carbons (Fsp3) is 0.417. The van der Waals surface area contributed by atoms with Crippen molar-refractivity contribution < 1.29 is 12.8 Å². The fourth-order valence-electron chi connectivity index (χ4n) is 2.69. The first-order valence-corrected chi connectivity index (χ1v) is 7.92. The summed E-state index contributed by atoms with van der Waals surface area (Å²) in [4.78, 5) is 4.01. The van der Waals surface area contributed by atoms with E-state index in [1.807, 2.05) is 0 Å². The Morgan fingerprint density at radius 1 is 1.42 bits per heavy atom. The van der Waals surface area contributed by atoms with Crippen molar-refractivity contribution in [2.24, 2.45) is 0 Å². The number of halogens is 1. The summed E-state index contributed by atoms with van der Waals surface area (Å²) in [5.41, 5.74) is 6.58. The zero-order valence-electron chi connectivity index (χ0n) is 10.2. The van der Waals surface area contributed by atoms with Gasteiger partial charge >= 0.3 is 0 Å². The largest absolute Gasteiger partial charge is 0.369 e. The molecule has 2 aromatic rings. The van der Waals surface area contributed by atoms with Crippen molar-refractivity contribution >= 4 is 26.8 Å². The average Bonchev–Trinajstić information content (AvgIpc) is 2.66. The highest BCUT2D eigenvalue weighted by Gasteiger charge is 2.28. The van der Waals surface area contributed by atoms with Crippen LogP contribution < -0.4 is 5.73 Å². The maximum Gasteiger partial charge on any atom is 0.201 e. The van der Waals surface area contributed by atoms with E-state index in [4.69, 9.17) is 5.73 Å². The molecule has 0 amide bonds. The van der Waals surface area contributed by atoms with E-state index in [2.05, 4.69) is 4.98 Å². The van der Waals surface area contributed by atoms with Gasteiger partial charge in [0.2, 0.25) is 5.95 Å². The molecule has 0 radical (unpaired) electrons. The molecule has 0 aliphatic carbocycles. The molecule has 2 N–H and O–H groups in total. The molecule has 1 saturated heterocycles. The standard InChI is InChI=1S/C12H14FN3O2S/c13-9-4-1-5-10-11(9)15-12(14)16(10)8-3-2-6-19(17,18)7-8/h1,4-5,8H,2-3,6-7H2,(H2,14,15). The first-order valence-electron chi connectivity index (χ1n) is 6.10. The Hall–Kier alpha value is -1.63. The molecule has 102 valence electrons. The van der Waals surface area contributed by atoms with Crippen LogP contribution in [0.5, 0.6) is 0 Å².